The maximum Gasteiger partial charge on any atom is 0.327 e. The number of nitrogens with one attached hydrogen (secondary N) is 4. The van der Waals surface area contributed by atoms with E-state index in [1.165, 1.54) is 6.07 Å². The molecule has 0 radical (unpaired) electrons. The average molecular weight is 271 g/mol. The van der Waals surface area contributed by atoms with Crippen molar-refractivity contribution < 1.29 is 0 Å². The molecule has 1 aromatic carbocycles. The first-order chi connectivity index (χ1) is 9.70. The number of nitrogens with zero attached hydrogens (tertiary/aromatic N) is 3. The predicted octanol–water partition coefficient (Wildman–Crippen LogP) is -0.0131. The van der Waals surface area contributed by atoms with Crippen LogP contribution in [0.5, 0.6) is 0 Å². The fraction of sp³-hybridized carbons (Fsp3) is 0. The van der Waals surface area contributed by atoms with Gasteiger partial charge in [-0.2, -0.15) is 5.21 Å². The summed E-state index contributed by atoms with van der Waals surface area (Å²) in [5, 5.41) is 16.5. The van der Waals surface area contributed by atoms with Crippen LogP contribution < -0.4 is 16.6 Å². The number of H-pyrrole nitrogens is 3. The van der Waals surface area contributed by atoms with E-state index in [9.17, 15) is 9.59 Å². The van der Waals surface area contributed by atoms with Crippen molar-refractivity contribution in [1.29, 1.82) is 0 Å². The van der Waals surface area contributed by atoms with Crippen LogP contribution in [0.15, 0.2) is 39.9 Å². The molecule has 3 aromatic rings. The number of anilines is 2. The maximum absolute atomic E-state index is 11.2. The fourth-order valence-electron chi connectivity index (χ4n) is 1.71. The highest BCUT2D eigenvalue weighted by Gasteiger charge is 2.04. The van der Waals surface area contributed by atoms with Gasteiger partial charge in [0.25, 0.3) is 5.56 Å². The van der Waals surface area contributed by atoms with E-state index in [-0.39, 0.29) is 0 Å². The third-order valence-electron chi connectivity index (χ3n) is 2.51. The second-order valence-electron chi connectivity index (χ2n) is 3.94. The zero-order valence-electron chi connectivity index (χ0n) is 10.0. The van der Waals surface area contributed by atoms with Gasteiger partial charge in [-0.3, -0.25) is 14.8 Å². The summed E-state index contributed by atoms with van der Waals surface area (Å²) in [5.41, 5.74) is 0.365. The summed E-state index contributed by atoms with van der Waals surface area (Å²) in [6, 6.07) is 8.41. The highest BCUT2D eigenvalue weighted by Crippen LogP contribution is 2.20. The molecule has 0 aliphatic carbocycles. The van der Waals surface area contributed by atoms with Gasteiger partial charge in [-0.1, -0.05) is 12.1 Å². The van der Waals surface area contributed by atoms with Crippen LogP contribution in [0.4, 0.5) is 11.5 Å². The quantitative estimate of drug-likeness (QED) is 0.529. The van der Waals surface area contributed by atoms with Gasteiger partial charge >= 0.3 is 5.69 Å². The van der Waals surface area contributed by atoms with Crippen LogP contribution in [0.2, 0.25) is 0 Å². The lowest BCUT2D eigenvalue weighted by Gasteiger charge is -2.06. The molecule has 2 aromatic heterocycles. The first kappa shape index (κ1) is 11.8. The number of hydrogen-bond donors (Lipinski definition) is 4. The van der Waals surface area contributed by atoms with Crippen molar-refractivity contribution in [3.05, 3.63) is 51.2 Å². The molecular weight excluding hydrogens is 262 g/mol. The molecular formula is C11H9N7O2. The average Bonchev–Trinajstić information content (AvgIpc) is 2.91. The monoisotopic (exact) mass is 271 g/mol. The molecule has 0 aliphatic rings. The third kappa shape index (κ3) is 2.46. The first-order valence-corrected chi connectivity index (χ1v) is 5.65. The Hall–Kier alpha value is -3.23. The Bertz CT molecular complexity index is 806. The predicted molar refractivity (Wildman–Crippen MR) is 70.6 cm³/mol. The molecule has 100 valence electrons. The normalized spacial score (nSPS) is 10.4. The maximum atomic E-state index is 11.2. The lowest BCUT2D eigenvalue weighted by Crippen LogP contribution is -2.22. The number of aromatic nitrogens is 6. The standard InChI is InChI=1S/C11H9N7O2/c19-9-5-8(13-11(20)14-9)12-7-3-1-2-6(4-7)10-15-17-18-16-10/h1-5H,(H,15,16,17,18)(H3,12,13,14,19,20). The second kappa shape index (κ2) is 4.80. The van der Waals surface area contributed by atoms with E-state index >= 15 is 0 Å². The summed E-state index contributed by atoms with van der Waals surface area (Å²) in [6.07, 6.45) is 0. The zero-order valence-corrected chi connectivity index (χ0v) is 10.0. The summed E-state index contributed by atoms with van der Waals surface area (Å²) < 4.78 is 0. The topological polar surface area (TPSA) is 132 Å². The van der Waals surface area contributed by atoms with Gasteiger partial charge in [-0.05, 0) is 17.3 Å². The zero-order chi connectivity index (χ0) is 13.9. The van der Waals surface area contributed by atoms with Gasteiger partial charge < -0.3 is 5.32 Å². The van der Waals surface area contributed by atoms with Gasteiger partial charge in [0.15, 0.2) is 0 Å². The van der Waals surface area contributed by atoms with E-state index in [1.807, 2.05) is 6.07 Å². The Morgan fingerprint density at radius 3 is 2.75 bits per heavy atom. The van der Waals surface area contributed by atoms with E-state index in [1.54, 1.807) is 18.2 Å². The van der Waals surface area contributed by atoms with Crippen molar-refractivity contribution >= 4 is 11.5 Å². The van der Waals surface area contributed by atoms with Crippen LogP contribution in [0, 0.1) is 0 Å². The van der Waals surface area contributed by atoms with E-state index in [2.05, 4.69) is 35.9 Å². The SMILES string of the molecule is O=c1cc(Nc2cccc(-c3nn[nH]n3)c2)[nH]c(=O)[nH]1. The molecule has 3 rings (SSSR count). The van der Waals surface area contributed by atoms with Crippen molar-refractivity contribution in [1.82, 2.24) is 30.6 Å². The fourth-order valence-corrected chi connectivity index (χ4v) is 1.71. The second-order valence-corrected chi connectivity index (χ2v) is 3.94. The van der Waals surface area contributed by atoms with E-state index in [0.717, 1.165) is 5.56 Å². The van der Waals surface area contributed by atoms with Crippen LogP contribution in [0.1, 0.15) is 0 Å². The first-order valence-electron chi connectivity index (χ1n) is 5.65. The molecule has 0 amide bonds. The highest BCUT2D eigenvalue weighted by molar-refractivity contribution is 5.65. The molecule has 0 atom stereocenters. The lowest BCUT2D eigenvalue weighted by atomic mass is 10.2. The lowest BCUT2D eigenvalue weighted by molar-refractivity contribution is 0.881. The Kier molecular flexibility index (Phi) is 2.84. The molecule has 0 saturated carbocycles. The number of benzene rings is 1. The molecule has 0 fully saturated rings. The van der Waals surface area contributed by atoms with Crippen LogP contribution in [-0.4, -0.2) is 30.6 Å². The molecule has 2 heterocycles. The Morgan fingerprint density at radius 2 is 2.00 bits per heavy atom. The Labute approximate surface area is 111 Å². The summed E-state index contributed by atoms with van der Waals surface area (Å²) in [5.74, 6) is 0.747. The van der Waals surface area contributed by atoms with Crippen molar-refractivity contribution in [2.45, 2.75) is 0 Å². The molecule has 0 saturated heterocycles. The van der Waals surface area contributed by atoms with Crippen LogP contribution in [-0.2, 0) is 0 Å². The minimum Gasteiger partial charge on any atom is -0.342 e. The molecule has 0 spiro atoms. The molecule has 0 bridgehead atoms. The summed E-state index contributed by atoms with van der Waals surface area (Å²) in [6.45, 7) is 0. The van der Waals surface area contributed by atoms with E-state index < -0.39 is 11.2 Å². The van der Waals surface area contributed by atoms with Gasteiger partial charge in [-0.15, -0.1) is 10.2 Å². The molecule has 0 aliphatic heterocycles. The summed E-state index contributed by atoms with van der Waals surface area (Å²) in [7, 11) is 0. The van der Waals surface area contributed by atoms with Gasteiger partial charge in [0.2, 0.25) is 5.82 Å². The van der Waals surface area contributed by atoms with E-state index in [4.69, 9.17) is 0 Å². The minimum absolute atomic E-state index is 0.295. The van der Waals surface area contributed by atoms with Crippen molar-refractivity contribution in [3.8, 4) is 11.4 Å². The summed E-state index contributed by atoms with van der Waals surface area (Å²) in [4.78, 5) is 26.9. The molecule has 0 unspecified atom stereocenters. The van der Waals surface area contributed by atoms with Crippen molar-refractivity contribution in [2.75, 3.05) is 5.32 Å². The Balaban J connectivity index is 1.93. The van der Waals surface area contributed by atoms with Gasteiger partial charge in [-0.25, -0.2) is 4.79 Å². The molecule has 20 heavy (non-hydrogen) atoms. The molecule has 4 N–H and O–H groups in total. The number of tetrazole rings is 1. The van der Waals surface area contributed by atoms with Crippen LogP contribution >= 0.6 is 0 Å². The van der Waals surface area contributed by atoms with Gasteiger partial charge in [0.1, 0.15) is 5.82 Å². The highest BCUT2D eigenvalue weighted by atomic mass is 16.2. The number of hydrogen-bond acceptors (Lipinski definition) is 6. The van der Waals surface area contributed by atoms with Gasteiger partial charge in [0, 0.05) is 17.3 Å². The molecule has 9 heteroatoms. The number of aromatic amines is 3. The smallest absolute Gasteiger partial charge is 0.327 e. The largest absolute Gasteiger partial charge is 0.342 e. The Morgan fingerprint density at radius 1 is 1.10 bits per heavy atom. The minimum atomic E-state index is -0.575. The summed E-state index contributed by atoms with van der Waals surface area (Å²) >= 11 is 0. The van der Waals surface area contributed by atoms with Crippen molar-refractivity contribution in [2.24, 2.45) is 0 Å². The third-order valence-corrected chi connectivity index (χ3v) is 2.51. The molecule has 9 nitrogen and oxygen atoms in total. The van der Waals surface area contributed by atoms with Crippen LogP contribution in [0.25, 0.3) is 11.4 Å². The van der Waals surface area contributed by atoms with Crippen LogP contribution in [0.3, 0.4) is 0 Å². The number of rotatable bonds is 3. The van der Waals surface area contributed by atoms with Gasteiger partial charge in [0.05, 0.1) is 0 Å². The van der Waals surface area contributed by atoms with Crippen molar-refractivity contribution in [3.63, 3.8) is 0 Å². The van der Waals surface area contributed by atoms with E-state index in [0.29, 0.717) is 17.3 Å².